The summed E-state index contributed by atoms with van der Waals surface area (Å²) in [6.07, 6.45) is 1.28. The van der Waals surface area contributed by atoms with Crippen LogP contribution >= 0.6 is 0 Å². The molecule has 0 spiro atoms. The maximum atomic E-state index is 13.6. The van der Waals surface area contributed by atoms with Crippen molar-refractivity contribution in [2.45, 2.75) is 0 Å². The van der Waals surface area contributed by atoms with Crippen LogP contribution in [0.2, 0.25) is 0 Å². The molecule has 25 heavy (non-hydrogen) atoms. The van der Waals surface area contributed by atoms with E-state index in [0.717, 1.165) is 0 Å². The van der Waals surface area contributed by atoms with Gasteiger partial charge in [-0.2, -0.15) is 4.68 Å². The second kappa shape index (κ2) is 6.95. The maximum Gasteiger partial charge on any atom is 0.257 e. The molecule has 0 bridgehead atoms. The Kier molecular flexibility index (Phi) is 4.55. The quantitative estimate of drug-likeness (QED) is 0.763. The van der Waals surface area contributed by atoms with Crippen molar-refractivity contribution in [2.24, 2.45) is 0 Å². The fraction of sp³-hybridized carbons (Fsp3) is 0.125. The molecule has 0 unspecified atom stereocenters. The second-order valence-corrected chi connectivity index (χ2v) is 4.94. The summed E-state index contributed by atoms with van der Waals surface area (Å²) in [5.41, 5.74) is 0.932. The Bertz CT molecular complexity index is 899. The molecule has 8 nitrogen and oxygen atoms in total. The number of carbonyl (C=O) groups excluding carboxylic acids is 1. The van der Waals surface area contributed by atoms with Gasteiger partial charge in [0.25, 0.3) is 5.91 Å². The van der Waals surface area contributed by atoms with E-state index in [1.165, 1.54) is 43.4 Å². The van der Waals surface area contributed by atoms with Crippen LogP contribution in [0.1, 0.15) is 10.4 Å². The van der Waals surface area contributed by atoms with Gasteiger partial charge in [0, 0.05) is 17.8 Å². The van der Waals surface area contributed by atoms with Gasteiger partial charge in [-0.3, -0.25) is 4.79 Å². The smallest absolute Gasteiger partial charge is 0.257 e. The summed E-state index contributed by atoms with van der Waals surface area (Å²) in [7, 11) is 3.02. The first kappa shape index (κ1) is 16.4. The molecule has 3 aromatic rings. The van der Waals surface area contributed by atoms with Crippen molar-refractivity contribution in [3.05, 3.63) is 54.1 Å². The van der Waals surface area contributed by atoms with E-state index in [4.69, 9.17) is 9.47 Å². The van der Waals surface area contributed by atoms with Crippen molar-refractivity contribution in [3.8, 4) is 17.2 Å². The molecule has 0 atom stereocenters. The SMILES string of the molecule is COc1ccc(NC(=O)c2ccc(F)cc2-n2cnnn2)cc1OC. The van der Waals surface area contributed by atoms with E-state index in [9.17, 15) is 9.18 Å². The molecule has 0 saturated carbocycles. The highest BCUT2D eigenvalue weighted by Crippen LogP contribution is 2.30. The van der Waals surface area contributed by atoms with Crippen molar-refractivity contribution < 1.29 is 18.7 Å². The number of nitrogens with zero attached hydrogens (tertiary/aromatic N) is 4. The van der Waals surface area contributed by atoms with Crippen LogP contribution in [0.3, 0.4) is 0 Å². The number of rotatable bonds is 5. The first-order valence-corrected chi connectivity index (χ1v) is 7.18. The predicted molar refractivity (Wildman–Crippen MR) is 86.6 cm³/mol. The second-order valence-electron chi connectivity index (χ2n) is 4.94. The highest BCUT2D eigenvalue weighted by Gasteiger charge is 2.16. The molecular formula is C16H14FN5O3. The third-order valence-electron chi connectivity index (χ3n) is 3.44. The minimum absolute atomic E-state index is 0.212. The van der Waals surface area contributed by atoms with Crippen LogP contribution in [0.5, 0.6) is 11.5 Å². The van der Waals surface area contributed by atoms with Crippen LogP contribution in [0, 0.1) is 5.82 Å². The van der Waals surface area contributed by atoms with Crippen LogP contribution in [0.15, 0.2) is 42.7 Å². The van der Waals surface area contributed by atoms with Gasteiger partial charge in [0.2, 0.25) is 0 Å². The van der Waals surface area contributed by atoms with E-state index < -0.39 is 11.7 Å². The van der Waals surface area contributed by atoms with Gasteiger partial charge in [-0.05, 0) is 34.7 Å². The standard InChI is InChI=1S/C16H14FN5O3/c1-24-14-6-4-11(8-15(14)25-2)19-16(23)12-5-3-10(17)7-13(12)22-9-18-20-21-22/h3-9H,1-2H3,(H,19,23). The van der Waals surface area contributed by atoms with E-state index in [-0.39, 0.29) is 11.3 Å². The van der Waals surface area contributed by atoms with Gasteiger partial charge in [0.15, 0.2) is 11.5 Å². The zero-order chi connectivity index (χ0) is 17.8. The van der Waals surface area contributed by atoms with Crippen LogP contribution < -0.4 is 14.8 Å². The lowest BCUT2D eigenvalue weighted by Gasteiger charge is -2.12. The summed E-state index contributed by atoms with van der Waals surface area (Å²) in [5, 5.41) is 13.4. The monoisotopic (exact) mass is 343 g/mol. The zero-order valence-electron chi connectivity index (χ0n) is 13.4. The van der Waals surface area contributed by atoms with Gasteiger partial charge in [-0.1, -0.05) is 0 Å². The Morgan fingerprint density at radius 2 is 1.92 bits per heavy atom. The van der Waals surface area contributed by atoms with E-state index >= 15 is 0 Å². The molecule has 0 fully saturated rings. The van der Waals surface area contributed by atoms with E-state index in [1.807, 2.05) is 0 Å². The molecule has 1 N–H and O–H groups in total. The molecule has 2 aromatic carbocycles. The highest BCUT2D eigenvalue weighted by molar-refractivity contribution is 6.06. The lowest BCUT2D eigenvalue weighted by atomic mass is 10.1. The average molecular weight is 343 g/mol. The Labute approximate surface area is 142 Å². The molecule has 1 amide bonds. The molecule has 1 heterocycles. The number of amides is 1. The molecule has 0 aliphatic heterocycles. The molecule has 0 aliphatic carbocycles. The summed E-state index contributed by atoms with van der Waals surface area (Å²) in [5.74, 6) is 0.0580. The number of carbonyl (C=O) groups is 1. The summed E-state index contributed by atoms with van der Waals surface area (Å²) >= 11 is 0. The van der Waals surface area contributed by atoms with Gasteiger partial charge in [-0.25, -0.2) is 4.39 Å². The fourth-order valence-electron chi connectivity index (χ4n) is 2.27. The Morgan fingerprint density at radius 1 is 1.12 bits per heavy atom. The first-order valence-electron chi connectivity index (χ1n) is 7.18. The molecule has 1 aromatic heterocycles. The van der Waals surface area contributed by atoms with Crippen molar-refractivity contribution in [3.63, 3.8) is 0 Å². The first-order chi connectivity index (χ1) is 12.1. The summed E-state index contributed by atoms with van der Waals surface area (Å²) in [4.78, 5) is 12.6. The number of halogens is 1. The van der Waals surface area contributed by atoms with Crippen LogP contribution in [-0.4, -0.2) is 40.3 Å². The number of tetrazole rings is 1. The third-order valence-corrected chi connectivity index (χ3v) is 3.44. The number of anilines is 1. The third kappa shape index (κ3) is 3.39. The predicted octanol–water partition coefficient (Wildman–Crippen LogP) is 2.07. The summed E-state index contributed by atoms with van der Waals surface area (Å²) in [6, 6.07) is 8.69. The number of hydrogen-bond donors (Lipinski definition) is 1. The van der Waals surface area contributed by atoms with E-state index in [1.54, 1.807) is 18.2 Å². The van der Waals surface area contributed by atoms with Crippen molar-refractivity contribution >= 4 is 11.6 Å². The van der Waals surface area contributed by atoms with Crippen molar-refractivity contribution in [2.75, 3.05) is 19.5 Å². The Hall–Kier alpha value is -3.49. The number of benzene rings is 2. The van der Waals surface area contributed by atoms with Gasteiger partial charge < -0.3 is 14.8 Å². The van der Waals surface area contributed by atoms with Gasteiger partial charge in [0.05, 0.1) is 25.5 Å². The van der Waals surface area contributed by atoms with Crippen molar-refractivity contribution in [1.82, 2.24) is 20.2 Å². The normalized spacial score (nSPS) is 10.4. The number of hydrogen-bond acceptors (Lipinski definition) is 6. The van der Waals surface area contributed by atoms with Crippen LogP contribution in [0.4, 0.5) is 10.1 Å². The zero-order valence-corrected chi connectivity index (χ0v) is 13.4. The topological polar surface area (TPSA) is 91.2 Å². The molecule has 0 radical (unpaired) electrons. The fourth-order valence-corrected chi connectivity index (χ4v) is 2.27. The molecular weight excluding hydrogens is 329 g/mol. The number of methoxy groups -OCH3 is 2. The largest absolute Gasteiger partial charge is 0.493 e. The van der Waals surface area contributed by atoms with Gasteiger partial charge in [-0.15, -0.1) is 5.10 Å². The molecule has 0 saturated heterocycles. The van der Waals surface area contributed by atoms with Crippen LogP contribution in [0.25, 0.3) is 5.69 Å². The lowest BCUT2D eigenvalue weighted by molar-refractivity contribution is 0.102. The number of aromatic nitrogens is 4. The Balaban J connectivity index is 1.92. The summed E-state index contributed by atoms with van der Waals surface area (Å²) in [6.45, 7) is 0. The van der Waals surface area contributed by atoms with Gasteiger partial charge >= 0.3 is 0 Å². The Morgan fingerprint density at radius 3 is 2.60 bits per heavy atom. The van der Waals surface area contributed by atoms with Crippen molar-refractivity contribution in [1.29, 1.82) is 0 Å². The lowest BCUT2D eigenvalue weighted by Crippen LogP contribution is -2.15. The molecule has 3 rings (SSSR count). The van der Waals surface area contributed by atoms with Gasteiger partial charge in [0.1, 0.15) is 12.1 Å². The average Bonchev–Trinajstić information content (AvgIpc) is 3.16. The minimum atomic E-state index is -0.506. The van der Waals surface area contributed by atoms with E-state index in [0.29, 0.717) is 17.2 Å². The number of ether oxygens (including phenoxy) is 2. The maximum absolute atomic E-state index is 13.6. The molecule has 9 heteroatoms. The number of nitrogens with one attached hydrogen (secondary N) is 1. The minimum Gasteiger partial charge on any atom is -0.493 e. The van der Waals surface area contributed by atoms with E-state index in [2.05, 4.69) is 20.8 Å². The summed E-state index contributed by atoms with van der Waals surface area (Å²) < 4.78 is 25.1. The highest BCUT2D eigenvalue weighted by atomic mass is 19.1. The van der Waals surface area contributed by atoms with Crippen LogP contribution in [-0.2, 0) is 0 Å². The molecule has 128 valence electrons. The molecule has 0 aliphatic rings.